The van der Waals surface area contributed by atoms with Crippen LogP contribution in [-0.4, -0.2) is 29.4 Å². The number of carbonyl (C=O) groups excluding carboxylic acids is 1. The number of carbonyl (C=O) groups is 1. The quantitative estimate of drug-likeness (QED) is 0.623. The molecule has 1 aromatic rings. The summed E-state index contributed by atoms with van der Waals surface area (Å²) in [5.74, 6) is 0.541. The Kier molecular flexibility index (Phi) is 3.27. The van der Waals surface area contributed by atoms with Crippen molar-refractivity contribution in [3.8, 4) is 0 Å². The molecule has 0 saturated carbocycles. The zero-order chi connectivity index (χ0) is 9.68. The molecule has 72 valence electrons. The zero-order valence-corrected chi connectivity index (χ0v) is 7.20. The van der Waals surface area contributed by atoms with Crippen LogP contribution in [0.3, 0.4) is 0 Å². The van der Waals surface area contributed by atoms with Gasteiger partial charge in [0.2, 0.25) is 0 Å². The van der Waals surface area contributed by atoms with Crippen molar-refractivity contribution >= 4 is 11.7 Å². The zero-order valence-electron chi connectivity index (χ0n) is 7.20. The van der Waals surface area contributed by atoms with Gasteiger partial charge in [0.15, 0.2) is 5.76 Å². The van der Waals surface area contributed by atoms with Crippen LogP contribution in [0.1, 0.15) is 5.76 Å². The molecule has 1 heterocycles. The molecule has 6 heteroatoms. The minimum atomic E-state index is -0.389. The number of aromatic nitrogens is 1. The predicted octanol–water partition coefficient (Wildman–Crippen LogP) is 0.0968. The van der Waals surface area contributed by atoms with Gasteiger partial charge in [-0.2, -0.15) is 0 Å². The van der Waals surface area contributed by atoms with Crippen LogP contribution in [0.2, 0.25) is 0 Å². The molecule has 6 nitrogen and oxygen atoms in total. The summed E-state index contributed by atoms with van der Waals surface area (Å²) in [7, 11) is 0. The monoisotopic (exact) mass is 185 g/mol. The highest BCUT2D eigenvalue weighted by Crippen LogP contribution is 2.11. The molecule has 0 aliphatic heterocycles. The fraction of sp³-hybridized carbons (Fsp3) is 0.429. The molecule has 0 aromatic carbocycles. The Labute approximate surface area is 74.9 Å². The van der Waals surface area contributed by atoms with Gasteiger partial charge >= 0.3 is 6.03 Å². The van der Waals surface area contributed by atoms with Crippen molar-refractivity contribution in [2.45, 2.75) is 6.92 Å². The highest BCUT2D eigenvalue weighted by Gasteiger charge is 2.05. The van der Waals surface area contributed by atoms with Crippen LogP contribution >= 0.6 is 0 Å². The van der Waals surface area contributed by atoms with Gasteiger partial charge in [-0.1, -0.05) is 5.16 Å². The first kappa shape index (κ1) is 9.53. The average Bonchev–Trinajstić information content (AvgIpc) is 2.48. The van der Waals surface area contributed by atoms with E-state index in [4.69, 9.17) is 9.63 Å². The van der Waals surface area contributed by atoms with E-state index in [0.717, 1.165) is 0 Å². The lowest BCUT2D eigenvalue weighted by Crippen LogP contribution is -2.31. The van der Waals surface area contributed by atoms with Crippen molar-refractivity contribution in [2.24, 2.45) is 0 Å². The second-order valence-corrected chi connectivity index (χ2v) is 2.40. The number of hydrogen-bond donors (Lipinski definition) is 3. The van der Waals surface area contributed by atoms with Crippen LogP contribution in [0.5, 0.6) is 0 Å². The summed E-state index contributed by atoms with van der Waals surface area (Å²) in [5.41, 5.74) is 0.524. The molecule has 0 fully saturated rings. The normalized spacial score (nSPS) is 9.69. The van der Waals surface area contributed by atoms with Gasteiger partial charge in [-0.25, -0.2) is 4.79 Å². The number of anilines is 1. The summed E-state index contributed by atoms with van der Waals surface area (Å²) in [6.07, 6.45) is 1.41. The topological polar surface area (TPSA) is 87.4 Å². The lowest BCUT2D eigenvalue weighted by atomic mass is 10.4. The Bertz CT molecular complexity index is 284. The van der Waals surface area contributed by atoms with Crippen molar-refractivity contribution in [3.63, 3.8) is 0 Å². The van der Waals surface area contributed by atoms with Gasteiger partial charge in [0.25, 0.3) is 0 Å². The molecule has 0 unspecified atom stereocenters. The van der Waals surface area contributed by atoms with E-state index in [-0.39, 0.29) is 19.2 Å². The Hall–Kier alpha value is -1.56. The number of nitrogens with one attached hydrogen (secondary N) is 2. The molecule has 0 aliphatic rings. The van der Waals surface area contributed by atoms with Crippen molar-refractivity contribution in [2.75, 3.05) is 18.5 Å². The maximum absolute atomic E-state index is 11.0. The third-order valence-corrected chi connectivity index (χ3v) is 1.40. The first-order valence-corrected chi connectivity index (χ1v) is 3.81. The number of amides is 2. The van der Waals surface area contributed by atoms with Gasteiger partial charge in [-0.3, -0.25) is 0 Å². The van der Waals surface area contributed by atoms with Gasteiger partial charge in [0.1, 0.15) is 5.69 Å². The van der Waals surface area contributed by atoms with Gasteiger partial charge in [0.05, 0.1) is 12.8 Å². The van der Waals surface area contributed by atoms with Gasteiger partial charge in [0, 0.05) is 6.54 Å². The molecule has 13 heavy (non-hydrogen) atoms. The summed E-state index contributed by atoms with van der Waals surface area (Å²) in [5, 5.41) is 16.8. The molecule has 0 atom stereocenters. The molecule has 1 rings (SSSR count). The summed E-state index contributed by atoms with van der Waals surface area (Å²) in [6.45, 7) is 1.82. The number of aliphatic hydroxyl groups is 1. The van der Waals surface area contributed by atoms with Crippen LogP contribution in [0.15, 0.2) is 10.7 Å². The Morgan fingerprint density at radius 1 is 1.77 bits per heavy atom. The second kappa shape index (κ2) is 4.46. The third-order valence-electron chi connectivity index (χ3n) is 1.40. The first-order valence-electron chi connectivity index (χ1n) is 3.81. The lowest BCUT2D eigenvalue weighted by Gasteiger charge is -2.03. The molecule has 1 aromatic heterocycles. The van der Waals surface area contributed by atoms with Gasteiger partial charge in [-0.15, -0.1) is 0 Å². The van der Waals surface area contributed by atoms with E-state index >= 15 is 0 Å². The van der Waals surface area contributed by atoms with E-state index < -0.39 is 0 Å². The molecule has 3 N–H and O–H groups in total. The minimum absolute atomic E-state index is 0.0873. The fourth-order valence-corrected chi connectivity index (χ4v) is 0.754. The largest absolute Gasteiger partial charge is 0.395 e. The maximum atomic E-state index is 11.0. The smallest absolute Gasteiger partial charge is 0.319 e. The fourth-order valence-electron chi connectivity index (χ4n) is 0.754. The van der Waals surface area contributed by atoms with Crippen molar-refractivity contribution < 1.29 is 14.4 Å². The molecule has 0 saturated heterocycles. The molecule has 0 bridgehead atoms. The number of nitrogens with zero attached hydrogens (tertiary/aromatic N) is 1. The van der Waals surface area contributed by atoms with Crippen molar-refractivity contribution in [1.82, 2.24) is 10.5 Å². The molecule has 0 radical (unpaired) electrons. The van der Waals surface area contributed by atoms with Crippen LogP contribution in [0.25, 0.3) is 0 Å². The van der Waals surface area contributed by atoms with E-state index in [1.54, 1.807) is 6.92 Å². The Balaban J connectivity index is 2.41. The number of hydrogen-bond acceptors (Lipinski definition) is 4. The highest BCUT2D eigenvalue weighted by molar-refractivity contribution is 5.89. The molecule has 2 amide bonds. The number of aliphatic hydroxyl groups excluding tert-OH is 1. The molecular formula is C7H11N3O3. The van der Waals surface area contributed by atoms with Crippen LogP contribution in [-0.2, 0) is 0 Å². The SMILES string of the molecule is Cc1oncc1NC(=O)NCCO. The standard InChI is InChI=1S/C7H11N3O3/c1-5-6(4-9-13-5)10-7(12)8-2-3-11/h4,11H,2-3H2,1H3,(H2,8,10,12). The van der Waals surface area contributed by atoms with E-state index in [2.05, 4.69) is 15.8 Å². The molecular weight excluding hydrogens is 174 g/mol. The third kappa shape index (κ3) is 2.75. The van der Waals surface area contributed by atoms with Crippen LogP contribution in [0.4, 0.5) is 10.5 Å². The summed E-state index contributed by atoms with van der Waals surface area (Å²) < 4.78 is 4.73. The van der Waals surface area contributed by atoms with E-state index in [1.807, 2.05) is 0 Å². The predicted molar refractivity (Wildman–Crippen MR) is 45.3 cm³/mol. The minimum Gasteiger partial charge on any atom is -0.395 e. The first-order chi connectivity index (χ1) is 6.24. The Morgan fingerprint density at radius 3 is 3.08 bits per heavy atom. The van der Waals surface area contributed by atoms with Crippen LogP contribution in [0, 0.1) is 6.92 Å². The summed E-state index contributed by atoms with van der Waals surface area (Å²) >= 11 is 0. The summed E-state index contributed by atoms with van der Waals surface area (Å²) in [4.78, 5) is 11.0. The van der Waals surface area contributed by atoms with Crippen molar-refractivity contribution in [3.05, 3.63) is 12.0 Å². The number of rotatable bonds is 3. The lowest BCUT2D eigenvalue weighted by molar-refractivity contribution is 0.244. The van der Waals surface area contributed by atoms with E-state index in [9.17, 15) is 4.79 Å². The average molecular weight is 185 g/mol. The summed E-state index contributed by atoms with van der Waals surface area (Å²) in [6, 6.07) is -0.389. The van der Waals surface area contributed by atoms with Gasteiger partial charge in [-0.05, 0) is 6.92 Å². The van der Waals surface area contributed by atoms with Crippen LogP contribution < -0.4 is 10.6 Å². The van der Waals surface area contributed by atoms with E-state index in [0.29, 0.717) is 11.4 Å². The van der Waals surface area contributed by atoms with Gasteiger partial charge < -0.3 is 20.3 Å². The van der Waals surface area contributed by atoms with E-state index in [1.165, 1.54) is 6.20 Å². The highest BCUT2D eigenvalue weighted by atomic mass is 16.5. The second-order valence-electron chi connectivity index (χ2n) is 2.40. The molecule has 0 spiro atoms. The maximum Gasteiger partial charge on any atom is 0.319 e. The number of aryl methyl sites for hydroxylation is 1. The van der Waals surface area contributed by atoms with Crippen molar-refractivity contribution in [1.29, 1.82) is 0 Å². The Morgan fingerprint density at radius 2 is 2.54 bits per heavy atom. The number of urea groups is 1. The molecule has 0 aliphatic carbocycles.